The van der Waals surface area contributed by atoms with Crippen molar-refractivity contribution >= 4 is 11.6 Å². The molecule has 0 aliphatic heterocycles. The molecule has 21 heavy (non-hydrogen) atoms. The summed E-state index contributed by atoms with van der Waals surface area (Å²) in [4.78, 5) is 2.17. The zero-order valence-corrected chi connectivity index (χ0v) is 12.7. The first-order chi connectivity index (χ1) is 10.2. The Kier molecular flexibility index (Phi) is 5.62. The van der Waals surface area contributed by atoms with Crippen molar-refractivity contribution in [3.63, 3.8) is 0 Å². The van der Waals surface area contributed by atoms with Crippen LogP contribution in [0.15, 0.2) is 48.5 Å². The largest absolute Gasteiger partial charge is 0.492 e. The SMILES string of the molecule is CN(CCOc1cccc(Cl)c1)Cc1ccc(C#N)cc1. The van der Waals surface area contributed by atoms with Crippen molar-refractivity contribution in [1.29, 1.82) is 5.26 Å². The Morgan fingerprint density at radius 2 is 1.95 bits per heavy atom. The molecule has 0 heterocycles. The van der Waals surface area contributed by atoms with E-state index in [1.807, 2.05) is 55.6 Å². The number of nitriles is 1. The Labute approximate surface area is 130 Å². The molecule has 0 bridgehead atoms. The van der Waals surface area contributed by atoms with E-state index < -0.39 is 0 Å². The monoisotopic (exact) mass is 300 g/mol. The lowest BCUT2D eigenvalue weighted by Crippen LogP contribution is -2.23. The molecule has 0 saturated heterocycles. The van der Waals surface area contributed by atoms with Gasteiger partial charge in [-0.15, -0.1) is 0 Å². The molecule has 2 aromatic rings. The van der Waals surface area contributed by atoms with Crippen molar-refractivity contribution in [1.82, 2.24) is 4.90 Å². The van der Waals surface area contributed by atoms with Crippen LogP contribution in [0, 0.1) is 11.3 Å². The zero-order chi connectivity index (χ0) is 15.1. The summed E-state index contributed by atoms with van der Waals surface area (Å²) in [7, 11) is 2.04. The average molecular weight is 301 g/mol. The van der Waals surface area contributed by atoms with E-state index in [0.717, 1.165) is 18.8 Å². The van der Waals surface area contributed by atoms with Gasteiger partial charge in [0.2, 0.25) is 0 Å². The topological polar surface area (TPSA) is 36.3 Å². The predicted molar refractivity (Wildman–Crippen MR) is 84.4 cm³/mol. The predicted octanol–water partition coefficient (Wildman–Crippen LogP) is 3.72. The van der Waals surface area contributed by atoms with Crippen molar-refractivity contribution in [2.45, 2.75) is 6.54 Å². The molecule has 2 aromatic carbocycles. The number of hydrogen-bond acceptors (Lipinski definition) is 3. The maximum atomic E-state index is 8.77. The van der Waals surface area contributed by atoms with Gasteiger partial charge >= 0.3 is 0 Å². The Balaban J connectivity index is 1.76. The van der Waals surface area contributed by atoms with Crippen molar-refractivity contribution < 1.29 is 4.74 Å². The van der Waals surface area contributed by atoms with E-state index in [0.29, 0.717) is 17.2 Å². The second-order valence-corrected chi connectivity index (χ2v) is 5.29. The van der Waals surface area contributed by atoms with Crippen molar-refractivity contribution in [2.24, 2.45) is 0 Å². The lowest BCUT2D eigenvalue weighted by Gasteiger charge is -2.17. The summed E-state index contributed by atoms with van der Waals surface area (Å²) in [5, 5.41) is 9.45. The summed E-state index contributed by atoms with van der Waals surface area (Å²) in [5.41, 5.74) is 1.87. The highest BCUT2D eigenvalue weighted by Crippen LogP contribution is 2.17. The van der Waals surface area contributed by atoms with Crippen LogP contribution >= 0.6 is 11.6 Å². The molecule has 0 aromatic heterocycles. The minimum atomic E-state index is 0.604. The fraction of sp³-hybridized carbons (Fsp3) is 0.235. The van der Waals surface area contributed by atoms with E-state index >= 15 is 0 Å². The van der Waals surface area contributed by atoms with Gasteiger partial charge in [-0.3, -0.25) is 4.90 Å². The Morgan fingerprint density at radius 1 is 1.19 bits per heavy atom. The van der Waals surface area contributed by atoms with Gasteiger partial charge in [0.1, 0.15) is 12.4 Å². The first kappa shape index (κ1) is 15.4. The number of ether oxygens (including phenoxy) is 1. The molecule has 0 aliphatic carbocycles. The first-order valence-electron chi connectivity index (χ1n) is 6.73. The molecular formula is C17H17ClN2O. The van der Waals surface area contributed by atoms with Crippen LogP contribution in [0.1, 0.15) is 11.1 Å². The van der Waals surface area contributed by atoms with Crippen molar-refractivity contribution in [2.75, 3.05) is 20.2 Å². The molecule has 3 nitrogen and oxygen atoms in total. The maximum absolute atomic E-state index is 8.77. The van der Waals surface area contributed by atoms with Crippen LogP contribution in [0.25, 0.3) is 0 Å². The number of benzene rings is 2. The summed E-state index contributed by atoms with van der Waals surface area (Å²) >= 11 is 5.91. The van der Waals surface area contributed by atoms with Gasteiger partial charge in [-0.2, -0.15) is 5.26 Å². The zero-order valence-electron chi connectivity index (χ0n) is 11.9. The molecule has 0 spiro atoms. The summed E-state index contributed by atoms with van der Waals surface area (Å²) < 4.78 is 5.66. The fourth-order valence-electron chi connectivity index (χ4n) is 1.95. The molecule has 4 heteroatoms. The highest BCUT2D eigenvalue weighted by Gasteiger charge is 2.02. The van der Waals surface area contributed by atoms with Crippen LogP contribution in [0.2, 0.25) is 5.02 Å². The van der Waals surface area contributed by atoms with Crippen LogP contribution in [0.5, 0.6) is 5.75 Å². The molecule has 108 valence electrons. The highest BCUT2D eigenvalue weighted by atomic mass is 35.5. The third-order valence-electron chi connectivity index (χ3n) is 3.07. The third kappa shape index (κ3) is 5.11. The summed E-state index contributed by atoms with van der Waals surface area (Å²) in [6.07, 6.45) is 0. The van der Waals surface area contributed by atoms with E-state index in [-0.39, 0.29) is 0 Å². The van der Waals surface area contributed by atoms with Crippen LogP contribution in [-0.4, -0.2) is 25.1 Å². The number of likely N-dealkylation sites (N-methyl/N-ethyl adjacent to an activating group) is 1. The minimum absolute atomic E-state index is 0.604. The molecule has 0 aliphatic rings. The van der Waals surface area contributed by atoms with E-state index in [9.17, 15) is 0 Å². The van der Waals surface area contributed by atoms with Gasteiger partial charge in [0.25, 0.3) is 0 Å². The molecule has 0 amide bonds. The standard InChI is InChI=1S/C17H17ClN2O/c1-20(13-15-7-5-14(12-19)6-8-15)9-10-21-17-4-2-3-16(18)11-17/h2-8,11H,9-10,13H2,1H3. The fourth-order valence-corrected chi connectivity index (χ4v) is 2.13. The normalized spacial score (nSPS) is 10.4. The molecule has 0 N–H and O–H groups in total. The van der Waals surface area contributed by atoms with E-state index in [4.69, 9.17) is 21.6 Å². The molecule has 0 atom stereocenters. The maximum Gasteiger partial charge on any atom is 0.120 e. The number of halogens is 1. The van der Waals surface area contributed by atoms with E-state index in [1.165, 1.54) is 5.56 Å². The van der Waals surface area contributed by atoms with Crippen molar-refractivity contribution in [3.8, 4) is 11.8 Å². The summed E-state index contributed by atoms with van der Waals surface area (Å²) in [6, 6.07) is 17.2. The van der Waals surface area contributed by atoms with Crippen LogP contribution in [0.4, 0.5) is 0 Å². The van der Waals surface area contributed by atoms with Gasteiger partial charge < -0.3 is 4.74 Å². The molecule has 0 saturated carbocycles. The molecule has 2 rings (SSSR count). The van der Waals surface area contributed by atoms with Crippen LogP contribution < -0.4 is 4.74 Å². The van der Waals surface area contributed by atoms with Gasteiger partial charge in [0.05, 0.1) is 11.6 Å². The second-order valence-electron chi connectivity index (χ2n) is 4.85. The summed E-state index contributed by atoms with van der Waals surface area (Å²) in [5.74, 6) is 0.786. The van der Waals surface area contributed by atoms with Crippen LogP contribution in [0.3, 0.4) is 0 Å². The van der Waals surface area contributed by atoms with Gasteiger partial charge in [-0.05, 0) is 42.9 Å². The third-order valence-corrected chi connectivity index (χ3v) is 3.31. The second kappa shape index (κ2) is 7.68. The number of hydrogen-bond donors (Lipinski definition) is 0. The number of rotatable bonds is 6. The summed E-state index contributed by atoms with van der Waals surface area (Å²) in [6.45, 7) is 2.24. The Bertz CT molecular complexity index is 619. The molecule has 0 radical (unpaired) electrons. The van der Waals surface area contributed by atoms with E-state index in [1.54, 1.807) is 0 Å². The molecule has 0 fully saturated rings. The van der Waals surface area contributed by atoms with Gasteiger partial charge in [0.15, 0.2) is 0 Å². The minimum Gasteiger partial charge on any atom is -0.492 e. The molecule has 0 unspecified atom stereocenters. The highest BCUT2D eigenvalue weighted by molar-refractivity contribution is 6.30. The van der Waals surface area contributed by atoms with E-state index in [2.05, 4.69) is 11.0 Å². The Hall–Kier alpha value is -2.02. The number of nitrogens with zero attached hydrogens (tertiary/aromatic N) is 2. The first-order valence-corrected chi connectivity index (χ1v) is 7.11. The smallest absolute Gasteiger partial charge is 0.120 e. The van der Waals surface area contributed by atoms with Gasteiger partial charge in [0, 0.05) is 18.1 Å². The Morgan fingerprint density at radius 3 is 2.62 bits per heavy atom. The lowest BCUT2D eigenvalue weighted by molar-refractivity contribution is 0.233. The van der Waals surface area contributed by atoms with Gasteiger partial charge in [-0.1, -0.05) is 29.8 Å². The lowest BCUT2D eigenvalue weighted by atomic mass is 10.1. The average Bonchev–Trinajstić information content (AvgIpc) is 2.48. The molecular weight excluding hydrogens is 284 g/mol. The quantitative estimate of drug-likeness (QED) is 0.815. The van der Waals surface area contributed by atoms with Crippen molar-refractivity contribution in [3.05, 3.63) is 64.7 Å². The van der Waals surface area contributed by atoms with Gasteiger partial charge in [-0.25, -0.2) is 0 Å². The van der Waals surface area contributed by atoms with Crippen LogP contribution in [-0.2, 0) is 6.54 Å².